The lowest BCUT2D eigenvalue weighted by atomic mass is 9.96. The highest BCUT2D eigenvalue weighted by Gasteiger charge is 2.38. The quantitative estimate of drug-likeness (QED) is 0.307. The topological polar surface area (TPSA) is 153 Å². The minimum Gasteiger partial charge on any atom is -0.475 e. The van der Waals surface area contributed by atoms with E-state index in [0.29, 0.717) is 41.0 Å². The van der Waals surface area contributed by atoms with Gasteiger partial charge in [-0.1, -0.05) is 12.1 Å². The van der Waals surface area contributed by atoms with Crippen molar-refractivity contribution in [3.05, 3.63) is 69.9 Å². The van der Waals surface area contributed by atoms with E-state index >= 15 is 0 Å². The molecule has 2 aromatic carbocycles. The van der Waals surface area contributed by atoms with E-state index in [9.17, 15) is 28.1 Å². The zero-order valence-electron chi connectivity index (χ0n) is 16.7. The van der Waals surface area contributed by atoms with E-state index in [4.69, 9.17) is 15.6 Å². The normalized spacial score (nSPS) is 12.8. The molecule has 2 heterocycles. The third-order valence-electron chi connectivity index (χ3n) is 4.59. The number of halogens is 3. The second kappa shape index (κ2) is 8.98. The second-order valence-corrected chi connectivity index (χ2v) is 6.84. The smallest absolute Gasteiger partial charge is 0.475 e. The van der Waals surface area contributed by atoms with Crippen molar-refractivity contribution in [1.29, 1.82) is 0 Å². The highest BCUT2D eigenvalue weighted by atomic mass is 19.4. The van der Waals surface area contributed by atoms with Crippen molar-refractivity contribution in [3.63, 3.8) is 0 Å². The number of hydrogen-bond acceptors (Lipinski definition) is 6. The maximum absolute atomic E-state index is 11.9. The first-order valence-corrected chi connectivity index (χ1v) is 9.29. The Kier molecular flexibility index (Phi) is 6.33. The van der Waals surface area contributed by atoms with Gasteiger partial charge in [0.25, 0.3) is 5.91 Å². The number of rotatable bonds is 3. The maximum atomic E-state index is 11.9. The number of amides is 1. The summed E-state index contributed by atoms with van der Waals surface area (Å²) in [4.78, 5) is 31.8. The number of aliphatic carboxylic acids is 1. The fraction of sp³-hybridized carbons (Fsp3) is 0.150. The number of nitrogens with zero attached hydrogens (tertiary/aromatic N) is 3. The Labute approximate surface area is 183 Å². The predicted octanol–water partition coefficient (Wildman–Crippen LogP) is 2.95. The second-order valence-electron chi connectivity index (χ2n) is 6.84. The Hall–Kier alpha value is -4.42. The number of nitro groups is 1. The SMILES string of the molecule is Nc1cccc(-n2cc(-c3ccc4c(c3)CCNC4=O)c([N+](=O)[O-])n2)c1.O=C(O)C(F)(F)F. The summed E-state index contributed by atoms with van der Waals surface area (Å²) in [6, 6.07) is 12.2. The van der Waals surface area contributed by atoms with Crippen LogP contribution in [0.1, 0.15) is 15.9 Å². The minimum absolute atomic E-state index is 0.122. The fourth-order valence-corrected chi connectivity index (χ4v) is 3.10. The third-order valence-corrected chi connectivity index (χ3v) is 4.59. The standard InChI is InChI=1S/C18H15N5O3.C2HF3O2/c19-13-2-1-3-14(9-13)22-10-16(17(21-22)23(25)26)11-4-5-15-12(8-11)6-7-20-18(15)24;3-2(4,5)1(6)7/h1-5,8-10H,6-7,19H2,(H,20,24);(H,6,7). The molecule has 172 valence electrons. The summed E-state index contributed by atoms with van der Waals surface area (Å²) in [7, 11) is 0. The Morgan fingerprint density at radius 3 is 2.52 bits per heavy atom. The summed E-state index contributed by atoms with van der Waals surface area (Å²) in [5, 5.41) is 25.5. The summed E-state index contributed by atoms with van der Waals surface area (Å²) in [6.45, 7) is 0.555. The molecule has 0 bridgehead atoms. The molecule has 33 heavy (non-hydrogen) atoms. The number of carbonyl (C=O) groups is 2. The molecule has 0 saturated carbocycles. The van der Waals surface area contributed by atoms with Crippen molar-refractivity contribution in [2.24, 2.45) is 0 Å². The molecule has 1 amide bonds. The monoisotopic (exact) mass is 463 g/mol. The van der Waals surface area contributed by atoms with E-state index in [1.165, 1.54) is 4.68 Å². The summed E-state index contributed by atoms with van der Waals surface area (Å²) >= 11 is 0. The highest BCUT2D eigenvalue weighted by molar-refractivity contribution is 5.97. The first-order chi connectivity index (χ1) is 15.5. The van der Waals surface area contributed by atoms with Crippen molar-refractivity contribution in [1.82, 2.24) is 15.1 Å². The van der Waals surface area contributed by atoms with Crippen LogP contribution in [0.4, 0.5) is 24.7 Å². The van der Waals surface area contributed by atoms with Crippen LogP contribution in [0.2, 0.25) is 0 Å². The van der Waals surface area contributed by atoms with Gasteiger partial charge in [0.05, 0.1) is 17.0 Å². The molecule has 0 aliphatic carbocycles. The Balaban J connectivity index is 0.000000383. The average molecular weight is 463 g/mol. The minimum atomic E-state index is -5.08. The molecule has 0 radical (unpaired) electrons. The van der Waals surface area contributed by atoms with Crippen molar-refractivity contribution < 1.29 is 32.8 Å². The zero-order valence-corrected chi connectivity index (χ0v) is 16.7. The van der Waals surface area contributed by atoms with Crippen molar-refractivity contribution in [3.8, 4) is 16.8 Å². The Morgan fingerprint density at radius 2 is 1.91 bits per heavy atom. The molecule has 3 aromatic rings. The summed E-state index contributed by atoms with van der Waals surface area (Å²) in [6.07, 6.45) is -2.79. The molecule has 10 nitrogen and oxygen atoms in total. The number of carboxylic acids is 1. The molecule has 1 aromatic heterocycles. The van der Waals surface area contributed by atoms with Crippen LogP contribution < -0.4 is 11.1 Å². The van der Waals surface area contributed by atoms with Gasteiger partial charge in [0.1, 0.15) is 5.56 Å². The average Bonchev–Trinajstić information content (AvgIpc) is 3.19. The van der Waals surface area contributed by atoms with E-state index in [0.717, 1.165) is 5.56 Å². The van der Waals surface area contributed by atoms with Crippen molar-refractivity contribution >= 4 is 23.4 Å². The summed E-state index contributed by atoms with van der Waals surface area (Å²) in [5.41, 5.74) is 9.49. The lowest BCUT2D eigenvalue weighted by Crippen LogP contribution is -2.31. The van der Waals surface area contributed by atoms with E-state index in [2.05, 4.69) is 10.4 Å². The number of anilines is 1. The third kappa shape index (κ3) is 5.26. The van der Waals surface area contributed by atoms with Gasteiger partial charge < -0.3 is 26.3 Å². The summed E-state index contributed by atoms with van der Waals surface area (Å²) < 4.78 is 33.2. The van der Waals surface area contributed by atoms with Crippen LogP contribution in [0.25, 0.3) is 16.8 Å². The molecule has 4 rings (SSSR count). The molecule has 4 N–H and O–H groups in total. The first-order valence-electron chi connectivity index (χ1n) is 9.29. The van der Waals surface area contributed by atoms with Crippen LogP contribution in [0.5, 0.6) is 0 Å². The predicted molar refractivity (Wildman–Crippen MR) is 110 cm³/mol. The number of carbonyl (C=O) groups excluding carboxylic acids is 1. The number of fused-ring (bicyclic) bond motifs is 1. The number of alkyl halides is 3. The molecule has 13 heteroatoms. The van der Waals surface area contributed by atoms with E-state index in [1.54, 1.807) is 42.6 Å². The van der Waals surface area contributed by atoms with Crippen LogP contribution in [0.3, 0.4) is 0 Å². The van der Waals surface area contributed by atoms with Crippen molar-refractivity contribution in [2.45, 2.75) is 12.6 Å². The molecule has 1 aliphatic rings. The van der Waals surface area contributed by atoms with Gasteiger partial charge in [0.2, 0.25) is 0 Å². The molecular weight excluding hydrogens is 447 g/mol. The van der Waals surface area contributed by atoms with Crippen LogP contribution in [0.15, 0.2) is 48.7 Å². The van der Waals surface area contributed by atoms with E-state index in [1.807, 2.05) is 6.07 Å². The van der Waals surface area contributed by atoms with Gasteiger partial charge in [-0.3, -0.25) is 4.79 Å². The van der Waals surface area contributed by atoms with Gasteiger partial charge >= 0.3 is 18.0 Å². The highest BCUT2D eigenvalue weighted by Crippen LogP contribution is 2.32. The Bertz CT molecular complexity index is 1240. The maximum Gasteiger partial charge on any atom is 0.490 e. The number of carboxylic acid groups (broad SMARTS) is 1. The van der Waals surface area contributed by atoms with E-state index in [-0.39, 0.29) is 11.7 Å². The van der Waals surface area contributed by atoms with Gasteiger partial charge in [0, 0.05) is 17.8 Å². The largest absolute Gasteiger partial charge is 0.490 e. The zero-order chi connectivity index (χ0) is 24.3. The van der Waals surface area contributed by atoms with Crippen molar-refractivity contribution in [2.75, 3.05) is 12.3 Å². The number of nitrogens with one attached hydrogen (secondary N) is 1. The molecule has 0 spiro atoms. The lowest BCUT2D eigenvalue weighted by molar-refractivity contribution is -0.389. The first kappa shape index (κ1) is 23.2. The molecule has 0 atom stereocenters. The molecule has 1 aliphatic heterocycles. The van der Waals surface area contributed by atoms with Gasteiger partial charge in [-0.15, -0.1) is 4.68 Å². The number of hydrogen-bond donors (Lipinski definition) is 3. The number of benzene rings is 2. The number of nitrogens with two attached hydrogens (primary N) is 1. The van der Waals surface area contributed by atoms with Crippen LogP contribution in [-0.4, -0.2) is 44.4 Å². The van der Waals surface area contributed by atoms with Gasteiger partial charge in [-0.2, -0.15) is 13.2 Å². The molecule has 0 saturated heterocycles. The molecule has 0 unspecified atom stereocenters. The summed E-state index contributed by atoms with van der Waals surface area (Å²) in [5.74, 6) is -3.12. The molecular formula is C20H16F3N5O5. The lowest BCUT2D eigenvalue weighted by Gasteiger charge is -2.16. The fourth-order valence-electron chi connectivity index (χ4n) is 3.10. The van der Waals surface area contributed by atoms with Gasteiger partial charge in [-0.25, -0.2) is 4.79 Å². The Morgan fingerprint density at radius 1 is 1.21 bits per heavy atom. The van der Waals surface area contributed by atoms with Crippen LogP contribution >= 0.6 is 0 Å². The van der Waals surface area contributed by atoms with Crippen LogP contribution in [0, 0.1) is 10.1 Å². The molecule has 0 fully saturated rings. The van der Waals surface area contributed by atoms with E-state index < -0.39 is 17.1 Å². The number of aromatic nitrogens is 2. The number of nitrogen functional groups attached to an aromatic ring is 1. The van der Waals surface area contributed by atoms with Gasteiger partial charge in [-0.05, 0) is 52.8 Å². The van der Waals surface area contributed by atoms with Gasteiger partial charge in [0.15, 0.2) is 0 Å². The van der Waals surface area contributed by atoms with Crippen LogP contribution in [-0.2, 0) is 11.2 Å².